The second kappa shape index (κ2) is 4.01. The van der Waals surface area contributed by atoms with E-state index in [0.717, 1.165) is 4.68 Å². The zero-order valence-electron chi connectivity index (χ0n) is 8.16. The minimum absolute atomic E-state index is 0.118. The van der Waals surface area contributed by atoms with Crippen LogP contribution in [0.1, 0.15) is 16.2 Å². The van der Waals surface area contributed by atoms with Crippen LogP contribution < -0.4 is 5.56 Å². The summed E-state index contributed by atoms with van der Waals surface area (Å²) in [5.41, 5.74) is -0.549. The Morgan fingerprint density at radius 2 is 2.25 bits per heavy atom. The van der Waals surface area contributed by atoms with Gasteiger partial charge in [-0.3, -0.25) is 4.79 Å². The third kappa shape index (κ3) is 2.00. The minimum Gasteiger partial charge on any atom is -0.476 e. The number of rotatable bonds is 3. The third-order valence-corrected chi connectivity index (χ3v) is 1.97. The molecule has 2 heterocycles. The van der Waals surface area contributed by atoms with Gasteiger partial charge in [0, 0.05) is 6.07 Å². The third-order valence-electron chi connectivity index (χ3n) is 1.97. The summed E-state index contributed by atoms with van der Waals surface area (Å²) in [7, 11) is 0. The van der Waals surface area contributed by atoms with E-state index < -0.39 is 5.97 Å². The van der Waals surface area contributed by atoms with Crippen molar-refractivity contribution in [2.75, 3.05) is 0 Å². The summed E-state index contributed by atoms with van der Waals surface area (Å²) in [6.45, 7) is 0.118. The van der Waals surface area contributed by atoms with Gasteiger partial charge in [-0.25, -0.2) is 9.48 Å². The molecule has 0 spiro atoms. The van der Waals surface area contributed by atoms with Gasteiger partial charge in [-0.05, 0) is 18.2 Å². The van der Waals surface area contributed by atoms with Crippen molar-refractivity contribution < 1.29 is 14.3 Å². The number of carboxylic acids is 1. The molecular formula is C10H8N2O4. The number of carboxylic acid groups (broad SMARTS) is 1. The van der Waals surface area contributed by atoms with Crippen LogP contribution in [0.4, 0.5) is 0 Å². The lowest BCUT2D eigenvalue weighted by Crippen LogP contribution is -2.24. The van der Waals surface area contributed by atoms with Crippen molar-refractivity contribution in [2.24, 2.45) is 0 Å². The van der Waals surface area contributed by atoms with Crippen molar-refractivity contribution in [1.82, 2.24) is 9.78 Å². The van der Waals surface area contributed by atoms with Crippen LogP contribution >= 0.6 is 0 Å². The molecular weight excluding hydrogens is 212 g/mol. The van der Waals surface area contributed by atoms with E-state index in [4.69, 9.17) is 9.52 Å². The van der Waals surface area contributed by atoms with Crippen LogP contribution in [0.2, 0.25) is 0 Å². The summed E-state index contributed by atoms with van der Waals surface area (Å²) >= 11 is 0. The molecule has 6 nitrogen and oxygen atoms in total. The summed E-state index contributed by atoms with van der Waals surface area (Å²) in [6.07, 6.45) is 1.47. The monoisotopic (exact) mass is 220 g/mol. The van der Waals surface area contributed by atoms with E-state index in [2.05, 4.69) is 5.10 Å². The fraction of sp³-hybridized carbons (Fsp3) is 0.100. The van der Waals surface area contributed by atoms with Crippen molar-refractivity contribution in [3.63, 3.8) is 0 Å². The molecule has 0 aliphatic heterocycles. The number of aromatic carboxylic acids is 1. The maximum atomic E-state index is 11.4. The molecule has 0 fully saturated rings. The molecule has 0 amide bonds. The van der Waals surface area contributed by atoms with Crippen molar-refractivity contribution >= 4 is 5.97 Å². The lowest BCUT2D eigenvalue weighted by molar-refractivity contribution is 0.0687. The molecule has 0 radical (unpaired) electrons. The molecule has 0 bridgehead atoms. The molecule has 0 aliphatic rings. The topological polar surface area (TPSA) is 85.3 Å². The highest BCUT2D eigenvalue weighted by atomic mass is 16.4. The van der Waals surface area contributed by atoms with Gasteiger partial charge in [0.2, 0.25) is 0 Å². The minimum atomic E-state index is -1.17. The molecule has 2 aromatic heterocycles. The van der Waals surface area contributed by atoms with Crippen LogP contribution in [-0.4, -0.2) is 20.9 Å². The maximum absolute atomic E-state index is 11.4. The molecule has 82 valence electrons. The Bertz CT molecular complexity index is 556. The Morgan fingerprint density at radius 1 is 1.44 bits per heavy atom. The van der Waals surface area contributed by atoms with Gasteiger partial charge in [-0.1, -0.05) is 0 Å². The molecule has 0 aromatic carbocycles. The summed E-state index contributed by atoms with van der Waals surface area (Å²) < 4.78 is 6.09. The lowest BCUT2D eigenvalue weighted by Gasteiger charge is -2.02. The zero-order valence-corrected chi connectivity index (χ0v) is 8.16. The molecule has 1 N–H and O–H groups in total. The van der Waals surface area contributed by atoms with Gasteiger partial charge in [-0.15, -0.1) is 0 Å². The van der Waals surface area contributed by atoms with Gasteiger partial charge in [0.05, 0.1) is 6.26 Å². The van der Waals surface area contributed by atoms with E-state index in [0.29, 0.717) is 5.76 Å². The number of furan rings is 1. The zero-order chi connectivity index (χ0) is 11.5. The van der Waals surface area contributed by atoms with E-state index >= 15 is 0 Å². The van der Waals surface area contributed by atoms with E-state index in [1.807, 2.05) is 0 Å². The molecule has 0 aliphatic carbocycles. The van der Waals surface area contributed by atoms with Crippen LogP contribution in [0.25, 0.3) is 0 Å². The van der Waals surface area contributed by atoms with Crippen molar-refractivity contribution in [2.45, 2.75) is 6.54 Å². The molecule has 2 rings (SSSR count). The predicted octanol–water partition coefficient (Wildman–Crippen LogP) is 0.583. The molecule has 0 saturated carbocycles. The summed E-state index contributed by atoms with van der Waals surface area (Å²) in [6, 6.07) is 5.70. The smallest absolute Gasteiger partial charge is 0.356 e. The summed E-state index contributed by atoms with van der Waals surface area (Å²) in [5.74, 6) is -0.634. The van der Waals surface area contributed by atoms with Gasteiger partial charge in [0.1, 0.15) is 12.3 Å². The molecule has 6 heteroatoms. The van der Waals surface area contributed by atoms with Crippen LogP contribution in [0.5, 0.6) is 0 Å². The van der Waals surface area contributed by atoms with Gasteiger partial charge >= 0.3 is 5.97 Å². The molecule has 0 saturated heterocycles. The largest absolute Gasteiger partial charge is 0.476 e. The number of aromatic nitrogens is 2. The first-order valence-electron chi connectivity index (χ1n) is 4.50. The van der Waals surface area contributed by atoms with Gasteiger partial charge in [0.25, 0.3) is 5.56 Å². The van der Waals surface area contributed by atoms with Crippen molar-refractivity contribution in [1.29, 1.82) is 0 Å². The number of nitrogens with zero attached hydrogens (tertiary/aromatic N) is 2. The van der Waals surface area contributed by atoms with E-state index in [1.165, 1.54) is 18.4 Å². The number of hydrogen-bond acceptors (Lipinski definition) is 4. The predicted molar refractivity (Wildman–Crippen MR) is 53.3 cm³/mol. The standard InChI is InChI=1S/C10H8N2O4/c13-9-4-3-8(10(14)15)11-12(9)6-7-2-1-5-16-7/h1-5H,6H2,(H,14,15). The molecule has 2 aromatic rings. The van der Waals surface area contributed by atoms with Crippen molar-refractivity contribution in [3.8, 4) is 0 Å². The van der Waals surface area contributed by atoms with Gasteiger partial charge in [0.15, 0.2) is 5.69 Å². The Kier molecular flexibility index (Phi) is 2.55. The number of hydrogen-bond donors (Lipinski definition) is 1. The van der Waals surface area contributed by atoms with Crippen LogP contribution in [-0.2, 0) is 6.54 Å². The van der Waals surface area contributed by atoms with Crippen LogP contribution in [0.15, 0.2) is 39.7 Å². The average molecular weight is 220 g/mol. The average Bonchev–Trinajstić information content (AvgIpc) is 2.73. The number of carbonyl (C=O) groups is 1. The van der Waals surface area contributed by atoms with Gasteiger partial charge in [-0.2, -0.15) is 5.10 Å². The van der Waals surface area contributed by atoms with Gasteiger partial charge < -0.3 is 9.52 Å². The Balaban J connectivity index is 2.36. The van der Waals surface area contributed by atoms with E-state index in [-0.39, 0.29) is 17.8 Å². The molecule has 0 unspecified atom stereocenters. The first kappa shape index (κ1) is 10.2. The van der Waals surface area contributed by atoms with Crippen LogP contribution in [0, 0.1) is 0 Å². The molecule has 16 heavy (non-hydrogen) atoms. The highest BCUT2D eigenvalue weighted by molar-refractivity contribution is 5.84. The Morgan fingerprint density at radius 3 is 2.88 bits per heavy atom. The van der Waals surface area contributed by atoms with Crippen molar-refractivity contribution in [3.05, 3.63) is 52.3 Å². The first-order valence-corrected chi connectivity index (χ1v) is 4.50. The summed E-state index contributed by atoms with van der Waals surface area (Å²) in [4.78, 5) is 22.1. The highest BCUT2D eigenvalue weighted by Crippen LogP contribution is 2.01. The van der Waals surface area contributed by atoms with Crippen LogP contribution in [0.3, 0.4) is 0 Å². The maximum Gasteiger partial charge on any atom is 0.356 e. The lowest BCUT2D eigenvalue weighted by atomic mass is 10.4. The second-order valence-electron chi connectivity index (χ2n) is 3.10. The SMILES string of the molecule is O=C(O)c1ccc(=O)n(Cc2ccco2)n1. The fourth-order valence-electron chi connectivity index (χ4n) is 1.23. The quantitative estimate of drug-likeness (QED) is 0.817. The second-order valence-corrected chi connectivity index (χ2v) is 3.10. The first-order chi connectivity index (χ1) is 7.66. The Hall–Kier alpha value is -2.37. The van der Waals surface area contributed by atoms with E-state index in [1.54, 1.807) is 12.1 Å². The summed E-state index contributed by atoms with van der Waals surface area (Å²) in [5, 5.41) is 12.4. The normalized spacial score (nSPS) is 10.2. The van der Waals surface area contributed by atoms with E-state index in [9.17, 15) is 9.59 Å². The highest BCUT2D eigenvalue weighted by Gasteiger charge is 2.08. The Labute approximate surface area is 89.7 Å². The fourth-order valence-corrected chi connectivity index (χ4v) is 1.23. The molecule has 0 atom stereocenters.